The summed E-state index contributed by atoms with van der Waals surface area (Å²) < 4.78 is 13.8. The molecule has 2 aromatic rings. The average molecular weight is 347 g/mol. The fraction of sp³-hybridized carbons (Fsp3) is 0.444. The molecule has 0 unspecified atom stereocenters. The third-order valence-electron chi connectivity index (χ3n) is 4.26. The van der Waals surface area contributed by atoms with Crippen molar-refractivity contribution in [2.75, 3.05) is 6.54 Å². The van der Waals surface area contributed by atoms with Crippen molar-refractivity contribution >= 4 is 17.4 Å². The van der Waals surface area contributed by atoms with Crippen LogP contribution in [0.15, 0.2) is 29.6 Å². The largest absolute Gasteiger partial charge is 0.338 e. The number of carbonyl (C=O) groups excluding carboxylic acids is 1. The van der Waals surface area contributed by atoms with Gasteiger partial charge in [0.1, 0.15) is 10.8 Å². The lowest BCUT2D eigenvalue weighted by Crippen LogP contribution is -2.43. The molecule has 1 fully saturated rings. The number of amides is 2. The van der Waals surface area contributed by atoms with Crippen LogP contribution in [0.5, 0.6) is 0 Å². The molecule has 0 radical (unpaired) electrons. The van der Waals surface area contributed by atoms with E-state index in [-0.39, 0.29) is 11.8 Å². The normalized spacial score (nSPS) is 15.2. The lowest BCUT2D eigenvalue weighted by molar-refractivity contribution is 0.233. The van der Waals surface area contributed by atoms with Gasteiger partial charge in [0.25, 0.3) is 0 Å². The molecule has 1 aliphatic carbocycles. The van der Waals surface area contributed by atoms with Crippen molar-refractivity contribution in [1.82, 2.24) is 15.6 Å². The molecule has 4 nitrogen and oxygen atoms in total. The standard InChI is InChI=1S/C18H22FN3OS/c19-16-9-5-4-8-15(16)17-21-14(12-24-17)10-11-20-18(23)22-13-6-2-1-3-7-13/h4-5,8-9,12-13H,1-3,6-7,10-11H2,(H2,20,22,23). The van der Waals surface area contributed by atoms with Gasteiger partial charge in [-0.2, -0.15) is 0 Å². The van der Waals surface area contributed by atoms with Crippen molar-refractivity contribution in [2.24, 2.45) is 0 Å². The Balaban J connectivity index is 1.45. The first kappa shape index (κ1) is 16.9. The van der Waals surface area contributed by atoms with Gasteiger partial charge >= 0.3 is 6.03 Å². The van der Waals surface area contributed by atoms with E-state index in [1.54, 1.807) is 18.2 Å². The summed E-state index contributed by atoms with van der Waals surface area (Å²) in [6, 6.07) is 6.84. The molecular weight excluding hydrogens is 325 g/mol. The maximum atomic E-state index is 13.8. The topological polar surface area (TPSA) is 54.0 Å². The molecule has 0 saturated heterocycles. The molecule has 2 amide bonds. The molecule has 0 atom stereocenters. The van der Waals surface area contributed by atoms with Gasteiger partial charge in [0.2, 0.25) is 0 Å². The van der Waals surface area contributed by atoms with E-state index in [2.05, 4.69) is 15.6 Å². The zero-order valence-electron chi connectivity index (χ0n) is 13.6. The monoisotopic (exact) mass is 347 g/mol. The molecule has 0 aliphatic heterocycles. The van der Waals surface area contributed by atoms with Gasteiger partial charge in [0.15, 0.2) is 0 Å². The van der Waals surface area contributed by atoms with Gasteiger partial charge in [-0.1, -0.05) is 31.4 Å². The minimum absolute atomic E-state index is 0.105. The molecule has 6 heteroatoms. The highest BCUT2D eigenvalue weighted by molar-refractivity contribution is 7.13. The fourth-order valence-corrected chi connectivity index (χ4v) is 3.85. The summed E-state index contributed by atoms with van der Waals surface area (Å²) >= 11 is 1.42. The van der Waals surface area contributed by atoms with Gasteiger partial charge in [0.05, 0.1) is 5.69 Å². The number of hydrogen-bond donors (Lipinski definition) is 2. The van der Waals surface area contributed by atoms with Crippen LogP contribution in [0.4, 0.5) is 9.18 Å². The highest BCUT2D eigenvalue weighted by Crippen LogP contribution is 2.26. The van der Waals surface area contributed by atoms with E-state index in [0.29, 0.717) is 29.6 Å². The molecule has 1 heterocycles. The molecule has 1 aromatic heterocycles. The number of nitrogens with zero attached hydrogens (tertiary/aromatic N) is 1. The van der Waals surface area contributed by atoms with E-state index in [1.165, 1.54) is 36.7 Å². The summed E-state index contributed by atoms with van der Waals surface area (Å²) in [5.41, 5.74) is 1.40. The van der Waals surface area contributed by atoms with Crippen LogP contribution in [0.1, 0.15) is 37.8 Å². The van der Waals surface area contributed by atoms with E-state index >= 15 is 0 Å². The minimum Gasteiger partial charge on any atom is -0.338 e. The van der Waals surface area contributed by atoms with Crippen molar-refractivity contribution in [2.45, 2.75) is 44.6 Å². The smallest absolute Gasteiger partial charge is 0.315 e. The Labute approximate surface area is 145 Å². The Morgan fingerprint density at radius 1 is 1.25 bits per heavy atom. The van der Waals surface area contributed by atoms with E-state index in [4.69, 9.17) is 0 Å². The maximum absolute atomic E-state index is 13.8. The first-order chi connectivity index (χ1) is 11.7. The van der Waals surface area contributed by atoms with Crippen LogP contribution in [0.2, 0.25) is 0 Å². The second-order valence-electron chi connectivity index (χ2n) is 6.11. The van der Waals surface area contributed by atoms with Gasteiger partial charge < -0.3 is 10.6 Å². The van der Waals surface area contributed by atoms with Crippen LogP contribution >= 0.6 is 11.3 Å². The Bertz CT molecular complexity index is 682. The number of halogens is 1. The molecule has 1 saturated carbocycles. The van der Waals surface area contributed by atoms with Crippen molar-refractivity contribution in [3.8, 4) is 10.6 Å². The summed E-state index contributed by atoms with van der Waals surface area (Å²) in [5, 5.41) is 8.50. The molecule has 0 bridgehead atoms. The molecule has 3 rings (SSSR count). The summed E-state index contributed by atoms with van der Waals surface area (Å²) in [5.74, 6) is -0.261. The number of aromatic nitrogens is 1. The summed E-state index contributed by atoms with van der Waals surface area (Å²) in [7, 11) is 0. The van der Waals surface area contributed by atoms with Crippen LogP contribution in [-0.4, -0.2) is 23.6 Å². The lowest BCUT2D eigenvalue weighted by Gasteiger charge is -2.22. The molecule has 24 heavy (non-hydrogen) atoms. The highest BCUT2D eigenvalue weighted by Gasteiger charge is 2.15. The van der Waals surface area contributed by atoms with Crippen molar-refractivity contribution < 1.29 is 9.18 Å². The lowest BCUT2D eigenvalue weighted by atomic mass is 9.96. The van der Waals surface area contributed by atoms with Crippen molar-refractivity contribution in [3.05, 3.63) is 41.2 Å². The van der Waals surface area contributed by atoms with Crippen molar-refractivity contribution in [1.29, 1.82) is 0 Å². The summed E-state index contributed by atoms with van der Waals surface area (Å²) in [6.07, 6.45) is 6.46. The van der Waals surface area contributed by atoms with E-state index < -0.39 is 0 Å². The number of hydrogen-bond acceptors (Lipinski definition) is 3. The second-order valence-corrected chi connectivity index (χ2v) is 6.97. The number of thiazole rings is 1. The van der Waals surface area contributed by atoms with Gasteiger partial charge in [-0.15, -0.1) is 11.3 Å². The molecule has 0 spiro atoms. The number of benzene rings is 1. The molecule has 1 aromatic carbocycles. The van der Waals surface area contributed by atoms with Crippen LogP contribution in [0, 0.1) is 5.82 Å². The van der Waals surface area contributed by atoms with Crippen LogP contribution in [-0.2, 0) is 6.42 Å². The van der Waals surface area contributed by atoms with Crippen LogP contribution < -0.4 is 10.6 Å². The number of nitrogens with one attached hydrogen (secondary N) is 2. The van der Waals surface area contributed by atoms with Gasteiger partial charge in [0, 0.05) is 30.0 Å². The second kappa shape index (κ2) is 8.24. The molecule has 128 valence electrons. The Kier molecular flexibility index (Phi) is 5.80. The predicted molar refractivity (Wildman–Crippen MR) is 94.6 cm³/mol. The van der Waals surface area contributed by atoms with E-state index in [9.17, 15) is 9.18 Å². The van der Waals surface area contributed by atoms with Gasteiger partial charge in [-0.05, 0) is 25.0 Å². The summed E-state index contributed by atoms with van der Waals surface area (Å²) in [4.78, 5) is 16.3. The zero-order valence-corrected chi connectivity index (χ0v) is 14.4. The first-order valence-electron chi connectivity index (χ1n) is 8.46. The zero-order chi connectivity index (χ0) is 16.8. The first-order valence-corrected chi connectivity index (χ1v) is 9.34. The molecule has 2 N–H and O–H groups in total. The number of rotatable bonds is 5. The Hall–Kier alpha value is -1.95. The predicted octanol–water partition coefficient (Wildman–Crippen LogP) is 4.12. The van der Waals surface area contributed by atoms with Crippen molar-refractivity contribution in [3.63, 3.8) is 0 Å². The molecular formula is C18H22FN3OS. The quantitative estimate of drug-likeness (QED) is 0.855. The third-order valence-corrected chi connectivity index (χ3v) is 5.19. The fourth-order valence-electron chi connectivity index (χ4n) is 2.97. The van der Waals surface area contributed by atoms with Gasteiger partial charge in [-0.3, -0.25) is 0 Å². The van der Waals surface area contributed by atoms with Gasteiger partial charge in [-0.25, -0.2) is 14.2 Å². The van der Waals surface area contributed by atoms with E-state index in [0.717, 1.165) is 18.5 Å². The van der Waals surface area contributed by atoms with Crippen LogP contribution in [0.25, 0.3) is 10.6 Å². The SMILES string of the molecule is O=C(NCCc1csc(-c2ccccc2F)n1)NC1CCCCC1. The third kappa shape index (κ3) is 4.54. The molecule has 1 aliphatic rings. The highest BCUT2D eigenvalue weighted by atomic mass is 32.1. The Morgan fingerprint density at radius 2 is 2.04 bits per heavy atom. The summed E-state index contributed by atoms with van der Waals surface area (Å²) in [6.45, 7) is 0.527. The maximum Gasteiger partial charge on any atom is 0.315 e. The average Bonchev–Trinajstić information content (AvgIpc) is 3.05. The Morgan fingerprint density at radius 3 is 2.83 bits per heavy atom. The number of carbonyl (C=O) groups is 1. The van der Waals surface area contributed by atoms with E-state index in [1.807, 2.05) is 5.38 Å². The van der Waals surface area contributed by atoms with Crippen LogP contribution in [0.3, 0.4) is 0 Å². The number of urea groups is 1. The minimum atomic E-state index is -0.261.